The van der Waals surface area contributed by atoms with Gasteiger partial charge >= 0.3 is 0 Å². The Labute approximate surface area is 80.6 Å². The van der Waals surface area contributed by atoms with Crippen LogP contribution >= 0.6 is 0 Å². The molecule has 0 saturated carbocycles. The summed E-state index contributed by atoms with van der Waals surface area (Å²) >= 11 is 0. The van der Waals surface area contributed by atoms with E-state index in [1.807, 2.05) is 0 Å². The Morgan fingerprint density at radius 1 is 1.57 bits per heavy atom. The van der Waals surface area contributed by atoms with E-state index in [9.17, 15) is 14.3 Å². The summed E-state index contributed by atoms with van der Waals surface area (Å²) in [5, 5.41) is 11.7. The van der Waals surface area contributed by atoms with Crippen LogP contribution in [0.1, 0.15) is 11.1 Å². The molecule has 0 amide bonds. The number of halogens is 1. The van der Waals surface area contributed by atoms with Gasteiger partial charge in [0.1, 0.15) is 5.75 Å². The summed E-state index contributed by atoms with van der Waals surface area (Å²) in [6.07, 6.45) is 0.866. The predicted molar refractivity (Wildman–Crippen MR) is 48.7 cm³/mol. The molecule has 0 fully saturated rings. The summed E-state index contributed by atoms with van der Waals surface area (Å²) in [7, 11) is 0. The maximum absolute atomic E-state index is 13.9. The SMILES string of the molecule is O=CC1(F)NCCc2cc(O)ccc21. The summed E-state index contributed by atoms with van der Waals surface area (Å²) < 4.78 is 13.9. The molecule has 2 N–H and O–H groups in total. The van der Waals surface area contributed by atoms with Crippen LogP contribution in [0.3, 0.4) is 0 Å². The largest absolute Gasteiger partial charge is 0.508 e. The number of phenols is 1. The van der Waals surface area contributed by atoms with E-state index in [0.717, 1.165) is 0 Å². The number of hydrogen-bond acceptors (Lipinski definition) is 3. The van der Waals surface area contributed by atoms with Gasteiger partial charge in [-0.25, -0.2) is 4.39 Å². The van der Waals surface area contributed by atoms with Crippen LogP contribution in [-0.4, -0.2) is 17.9 Å². The highest BCUT2D eigenvalue weighted by Crippen LogP contribution is 2.30. The number of nitrogens with one attached hydrogen (secondary N) is 1. The van der Waals surface area contributed by atoms with Crippen molar-refractivity contribution in [3.05, 3.63) is 29.3 Å². The molecule has 0 bridgehead atoms. The van der Waals surface area contributed by atoms with E-state index in [1.54, 1.807) is 0 Å². The fraction of sp³-hybridized carbons (Fsp3) is 0.300. The van der Waals surface area contributed by atoms with Crippen molar-refractivity contribution in [2.75, 3.05) is 6.54 Å². The van der Waals surface area contributed by atoms with Gasteiger partial charge in [0.2, 0.25) is 5.79 Å². The summed E-state index contributed by atoms with van der Waals surface area (Å²) in [6.45, 7) is 0.395. The number of benzene rings is 1. The summed E-state index contributed by atoms with van der Waals surface area (Å²) in [4.78, 5) is 10.6. The number of aldehydes is 1. The maximum Gasteiger partial charge on any atom is 0.243 e. The number of carbonyl (C=O) groups excluding carboxylic acids is 1. The first-order valence-electron chi connectivity index (χ1n) is 4.38. The standard InChI is InChI=1S/C10H10FNO2/c11-10(6-13)9-2-1-8(14)5-7(9)3-4-12-10/h1-2,5-6,12,14H,3-4H2. The lowest BCUT2D eigenvalue weighted by Crippen LogP contribution is -2.45. The Kier molecular flexibility index (Phi) is 2.00. The summed E-state index contributed by atoms with van der Waals surface area (Å²) in [5.41, 5.74) is 0.981. The van der Waals surface area contributed by atoms with Gasteiger partial charge < -0.3 is 5.11 Å². The van der Waals surface area contributed by atoms with Crippen LogP contribution in [0.25, 0.3) is 0 Å². The minimum atomic E-state index is -2.10. The van der Waals surface area contributed by atoms with Crippen LogP contribution < -0.4 is 5.32 Å². The molecule has 2 rings (SSSR count). The molecular weight excluding hydrogens is 185 g/mol. The van der Waals surface area contributed by atoms with Crippen molar-refractivity contribution in [1.82, 2.24) is 5.32 Å². The Morgan fingerprint density at radius 3 is 3.07 bits per heavy atom. The van der Waals surface area contributed by atoms with Gasteiger partial charge in [-0.05, 0) is 24.1 Å². The van der Waals surface area contributed by atoms with Gasteiger partial charge in [-0.15, -0.1) is 0 Å². The molecule has 1 aromatic rings. The van der Waals surface area contributed by atoms with Crippen molar-refractivity contribution in [2.45, 2.75) is 12.2 Å². The van der Waals surface area contributed by atoms with E-state index in [2.05, 4.69) is 5.32 Å². The van der Waals surface area contributed by atoms with Crippen LogP contribution in [0.4, 0.5) is 4.39 Å². The van der Waals surface area contributed by atoms with Crippen molar-refractivity contribution in [1.29, 1.82) is 0 Å². The number of aromatic hydroxyl groups is 1. The van der Waals surface area contributed by atoms with Gasteiger partial charge in [0.25, 0.3) is 0 Å². The molecule has 3 nitrogen and oxygen atoms in total. The molecule has 1 atom stereocenters. The molecular formula is C10H10FNO2. The molecule has 0 aliphatic carbocycles. The summed E-state index contributed by atoms with van der Waals surface area (Å²) in [6, 6.07) is 4.31. The van der Waals surface area contributed by atoms with E-state index in [-0.39, 0.29) is 12.0 Å². The van der Waals surface area contributed by atoms with Crippen LogP contribution in [0.2, 0.25) is 0 Å². The number of fused-ring (bicyclic) bond motifs is 1. The van der Waals surface area contributed by atoms with Crippen LogP contribution in [0.5, 0.6) is 5.75 Å². The number of carbonyl (C=O) groups is 1. The quantitative estimate of drug-likeness (QED) is 0.516. The van der Waals surface area contributed by atoms with E-state index >= 15 is 0 Å². The lowest BCUT2D eigenvalue weighted by Gasteiger charge is -2.28. The van der Waals surface area contributed by atoms with Crippen LogP contribution in [0.15, 0.2) is 18.2 Å². The Bertz CT molecular complexity index is 380. The Hall–Kier alpha value is -1.42. The first kappa shape index (κ1) is 9.15. The van der Waals surface area contributed by atoms with Gasteiger partial charge in [0.15, 0.2) is 6.29 Å². The lowest BCUT2D eigenvalue weighted by molar-refractivity contribution is -0.120. The molecule has 1 aliphatic rings. The second-order valence-electron chi connectivity index (χ2n) is 3.35. The normalized spacial score (nSPS) is 25.5. The van der Waals surface area contributed by atoms with Crippen molar-refractivity contribution < 1.29 is 14.3 Å². The van der Waals surface area contributed by atoms with E-state index in [4.69, 9.17) is 0 Å². The van der Waals surface area contributed by atoms with Crippen molar-refractivity contribution in [3.8, 4) is 5.75 Å². The third-order valence-corrected chi connectivity index (χ3v) is 2.42. The van der Waals surface area contributed by atoms with E-state index in [0.29, 0.717) is 24.1 Å². The third-order valence-electron chi connectivity index (χ3n) is 2.42. The highest BCUT2D eigenvalue weighted by Gasteiger charge is 2.36. The molecule has 1 unspecified atom stereocenters. The zero-order chi connectivity index (χ0) is 10.2. The molecule has 1 heterocycles. The second-order valence-corrected chi connectivity index (χ2v) is 3.35. The highest BCUT2D eigenvalue weighted by atomic mass is 19.1. The van der Waals surface area contributed by atoms with Crippen molar-refractivity contribution >= 4 is 6.29 Å². The maximum atomic E-state index is 13.9. The third kappa shape index (κ3) is 1.28. The van der Waals surface area contributed by atoms with Gasteiger partial charge in [0.05, 0.1) is 0 Å². The highest BCUT2D eigenvalue weighted by molar-refractivity contribution is 5.67. The molecule has 1 aliphatic heterocycles. The number of rotatable bonds is 1. The van der Waals surface area contributed by atoms with E-state index < -0.39 is 5.79 Å². The first-order chi connectivity index (χ1) is 6.65. The predicted octanol–water partition coefficient (Wildman–Crippen LogP) is 0.859. The molecule has 14 heavy (non-hydrogen) atoms. The number of hydrogen-bond donors (Lipinski definition) is 2. The Morgan fingerprint density at radius 2 is 2.36 bits per heavy atom. The lowest BCUT2D eigenvalue weighted by atomic mass is 9.93. The zero-order valence-electron chi connectivity index (χ0n) is 7.46. The van der Waals surface area contributed by atoms with Gasteiger partial charge in [-0.2, -0.15) is 0 Å². The molecule has 0 saturated heterocycles. The monoisotopic (exact) mass is 195 g/mol. The topological polar surface area (TPSA) is 49.3 Å². The fourth-order valence-electron chi connectivity index (χ4n) is 1.72. The minimum Gasteiger partial charge on any atom is -0.508 e. The molecule has 1 aromatic carbocycles. The second kappa shape index (κ2) is 3.06. The average molecular weight is 195 g/mol. The smallest absolute Gasteiger partial charge is 0.243 e. The molecule has 0 spiro atoms. The van der Waals surface area contributed by atoms with Crippen LogP contribution in [0, 0.1) is 0 Å². The van der Waals surface area contributed by atoms with Crippen LogP contribution in [-0.2, 0) is 17.0 Å². The van der Waals surface area contributed by atoms with Gasteiger partial charge in [0, 0.05) is 12.1 Å². The first-order valence-corrected chi connectivity index (χ1v) is 4.38. The minimum absolute atomic E-state index is 0.0962. The molecule has 0 aromatic heterocycles. The molecule has 0 radical (unpaired) electrons. The Balaban J connectivity index is 2.55. The van der Waals surface area contributed by atoms with E-state index in [1.165, 1.54) is 18.2 Å². The summed E-state index contributed by atoms with van der Waals surface area (Å²) in [5.74, 6) is -2.00. The number of alkyl halides is 1. The fourth-order valence-corrected chi connectivity index (χ4v) is 1.72. The number of phenolic OH excluding ortho intramolecular Hbond substituents is 1. The van der Waals surface area contributed by atoms with Gasteiger partial charge in [-0.3, -0.25) is 10.1 Å². The molecule has 4 heteroatoms. The molecule has 74 valence electrons. The van der Waals surface area contributed by atoms with Crippen molar-refractivity contribution in [3.63, 3.8) is 0 Å². The van der Waals surface area contributed by atoms with Crippen molar-refractivity contribution in [2.24, 2.45) is 0 Å². The average Bonchev–Trinajstić information content (AvgIpc) is 2.18. The zero-order valence-corrected chi connectivity index (χ0v) is 7.46. The van der Waals surface area contributed by atoms with Gasteiger partial charge in [-0.1, -0.05) is 6.07 Å².